The van der Waals surface area contributed by atoms with E-state index in [1.54, 1.807) is 0 Å². The summed E-state index contributed by atoms with van der Waals surface area (Å²) in [7, 11) is 0.830. The lowest BCUT2D eigenvalue weighted by molar-refractivity contribution is 0.0691. The van der Waals surface area contributed by atoms with Crippen LogP contribution < -0.4 is 0 Å². The molecule has 0 atom stereocenters. The van der Waals surface area contributed by atoms with Crippen molar-refractivity contribution in [3.05, 3.63) is 34.9 Å². The number of aromatic carboxylic acids is 1. The standard InChI is InChI=1S/C8H5ClF2O4S/c9-16(14,15)3-4-1-7(11)5(8(12)13)2-6(4)10/h1-2H,3H2,(H,12,13). The van der Waals surface area contributed by atoms with Crippen molar-refractivity contribution >= 4 is 25.7 Å². The molecule has 0 unspecified atom stereocenters. The van der Waals surface area contributed by atoms with Gasteiger partial charge in [0.05, 0.1) is 11.3 Å². The molecule has 0 radical (unpaired) electrons. The lowest BCUT2D eigenvalue weighted by Crippen LogP contribution is -2.05. The van der Waals surface area contributed by atoms with E-state index in [0.29, 0.717) is 12.1 Å². The van der Waals surface area contributed by atoms with Gasteiger partial charge in [-0.2, -0.15) is 0 Å². The molecule has 1 aromatic rings. The quantitative estimate of drug-likeness (QED) is 0.849. The third-order valence-corrected chi connectivity index (χ3v) is 2.68. The zero-order chi connectivity index (χ0) is 12.5. The second-order valence-electron chi connectivity index (χ2n) is 2.91. The molecule has 0 heterocycles. The molecule has 0 bridgehead atoms. The highest BCUT2D eigenvalue weighted by atomic mass is 35.7. The summed E-state index contributed by atoms with van der Waals surface area (Å²) in [5.74, 6) is -4.90. The molecule has 0 aliphatic carbocycles. The summed E-state index contributed by atoms with van der Waals surface area (Å²) in [4.78, 5) is 10.4. The molecule has 0 aliphatic rings. The largest absolute Gasteiger partial charge is 0.478 e. The minimum Gasteiger partial charge on any atom is -0.478 e. The highest BCUT2D eigenvalue weighted by Crippen LogP contribution is 2.18. The van der Waals surface area contributed by atoms with Gasteiger partial charge in [0.1, 0.15) is 11.6 Å². The normalized spacial score (nSPS) is 11.4. The maximum Gasteiger partial charge on any atom is 0.338 e. The zero-order valence-electron chi connectivity index (χ0n) is 7.58. The van der Waals surface area contributed by atoms with Crippen LogP contribution in [0.15, 0.2) is 12.1 Å². The van der Waals surface area contributed by atoms with E-state index in [4.69, 9.17) is 15.8 Å². The van der Waals surface area contributed by atoms with Crippen molar-refractivity contribution in [2.24, 2.45) is 0 Å². The van der Waals surface area contributed by atoms with Crippen molar-refractivity contribution in [3.63, 3.8) is 0 Å². The van der Waals surface area contributed by atoms with Crippen LogP contribution in [0.2, 0.25) is 0 Å². The Morgan fingerprint density at radius 3 is 2.31 bits per heavy atom. The molecular formula is C8H5ClF2O4S. The van der Waals surface area contributed by atoms with Gasteiger partial charge < -0.3 is 5.11 Å². The van der Waals surface area contributed by atoms with Gasteiger partial charge in [-0.3, -0.25) is 0 Å². The first-order valence-corrected chi connectivity index (χ1v) is 6.32. The van der Waals surface area contributed by atoms with Gasteiger partial charge in [0, 0.05) is 16.2 Å². The Kier molecular flexibility index (Phi) is 3.49. The van der Waals surface area contributed by atoms with Crippen molar-refractivity contribution in [3.8, 4) is 0 Å². The first-order chi connectivity index (χ1) is 7.20. The molecule has 0 saturated carbocycles. The number of hydrogen-bond acceptors (Lipinski definition) is 3. The summed E-state index contributed by atoms with van der Waals surface area (Å²) < 4.78 is 47.5. The van der Waals surface area contributed by atoms with Gasteiger partial charge in [-0.25, -0.2) is 22.0 Å². The van der Waals surface area contributed by atoms with Gasteiger partial charge in [-0.05, 0) is 12.1 Å². The number of carboxylic acids is 1. The molecule has 0 aliphatic heterocycles. The summed E-state index contributed by atoms with van der Waals surface area (Å²) in [6.07, 6.45) is 0. The van der Waals surface area contributed by atoms with Crippen molar-refractivity contribution < 1.29 is 27.1 Å². The fourth-order valence-electron chi connectivity index (χ4n) is 1.05. The topological polar surface area (TPSA) is 71.4 Å². The predicted molar refractivity (Wildman–Crippen MR) is 51.8 cm³/mol. The van der Waals surface area contributed by atoms with Crippen LogP contribution in [0.4, 0.5) is 8.78 Å². The van der Waals surface area contributed by atoms with Crippen LogP contribution in [0, 0.1) is 11.6 Å². The van der Waals surface area contributed by atoms with Crippen LogP contribution >= 0.6 is 10.7 Å². The van der Waals surface area contributed by atoms with Gasteiger partial charge in [0.2, 0.25) is 9.05 Å². The van der Waals surface area contributed by atoms with Crippen LogP contribution in [0.5, 0.6) is 0 Å². The Hall–Kier alpha value is -1.21. The highest BCUT2D eigenvalue weighted by molar-refractivity contribution is 8.13. The maximum absolute atomic E-state index is 13.2. The van der Waals surface area contributed by atoms with Gasteiger partial charge >= 0.3 is 5.97 Å². The Morgan fingerprint density at radius 1 is 1.31 bits per heavy atom. The van der Waals surface area contributed by atoms with Crippen LogP contribution in [0.1, 0.15) is 15.9 Å². The number of carboxylic acid groups (broad SMARTS) is 1. The van der Waals surface area contributed by atoms with Crippen molar-refractivity contribution in [2.75, 3.05) is 0 Å². The van der Waals surface area contributed by atoms with E-state index in [1.807, 2.05) is 0 Å². The fraction of sp³-hybridized carbons (Fsp3) is 0.125. The number of carbonyl (C=O) groups is 1. The third-order valence-electron chi connectivity index (χ3n) is 1.69. The van der Waals surface area contributed by atoms with Crippen LogP contribution in [-0.2, 0) is 14.8 Å². The molecular weight excluding hydrogens is 266 g/mol. The molecule has 0 fully saturated rings. The Bertz CT molecular complexity index is 541. The van der Waals surface area contributed by atoms with Gasteiger partial charge in [0.25, 0.3) is 0 Å². The van der Waals surface area contributed by atoms with Crippen molar-refractivity contribution in [1.82, 2.24) is 0 Å². The average molecular weight is 271 g/mol. The lowest BCUT2D eigenvalue weighted by Gasteiger charge is -2.03. The SMILES string of the molecule is O=C(O)c1cc(F)c(CS(=O)(=O)Cl)cc1F. The molecule has 0 aromatic heterocycles. The summed E-state index contributed by atoms with van der Waals surface area (Å²) in [6, 6.07) is 0.911. The van der Waals surface area contributed by atoms with E-state index in [2.05, 4.69) is 0 Å². The van der Waals surface area contributed by atoms with E-state index in [9.17, 15) is 22.0 Å². The maximum atomic E-state index is 13.2. The van der Waals surface area contributed by atoms with Crippen LogP contribution in [-0.4, -0.2) is 19.5 Å². The molecule has 88 valence electrons. The Balaban J connectivity index is 3.26. The lowest BCUT2D eigenvalue weighted by atomic mass is 10.1. The first-order valence-electron chi connectivity index (χ1n) is 3.84. The fourth-order valence-corrected chi connectivity index (χ4v) is 1.99. The van der Waals surface area contributed by atoms with Crippen LogP contribution in [0.3, 0.4) is 0 Å². The number of rotatable bonds is 3. The summed E-state index contributed by atoms with van der Waals surface area (Å²) >= 11 is 0. The molecule has 16 heavy (non-hydrogen) atoms. The molecule has 4 nitrogen and oxygen atoms in total. The van der Waals surface area contributed by atoms with E-state index in [0.717, 1.165) is 0 Å². The van der Waals surface area contributed by atoms with Crippen LogP contribution in [0.25, 0.3) is 0 Å². The molecule has 0 saturated heterocycles. The van der Waals surface area contributed by atoms with E-state index in [-0.39, 0.29) is 0 Å². The van der Waals surface area contributed by atoms with E-state index < -0.39 is 43.5 Å². The molecule has 8 heteroatoms. The number of halogens is 3. The minimum atomic E-state index is -4.03. The predicted octanol–water partition coefficient (Wildman–Crippen LogP) is 1.73. The van der Waals surface area contributed by atoms with Gasteiger partial charge in [-0.15, -0.1) is 0 Å². The third kappa shape index (κ3) is 3.14. The zero-order valence-corrected chi connectivity index (χ0v) is 9.15. The molecule has 1 N–H and O–H groups in total. The van der Waals surface area contributed by atoms with Crippen molar-refractivity contribution in [1.29, 1.82) is 0 Å². The molecule has 1 aromatic carbocycles. The molecule has 1 rings (SSSR count). The van der Waals surface area contributed by atoms with E-state index in [1.165, 1.54) is 0 Å². The second kappa shape index (κ2) is 4.34. The second-order valence-corrected chi connectivity index (χ2v) is 5.69. The number of hydrogen-bond donors (Lipinski definition) is 1. The van der Waals surface area contributed by atoms with E-state index >= 15 is 0 Å². The first kappa shape index (κ1) is 12.9. The molecule has 0 spiro atoms. The smallest absolute Gasteiger partial charge is 0.338 e. The highest BCUT2D eigenvalue weighted by Gasteiger charge is 2.18. The van der Waals surface area contributed by atoms with Gasteiger partial charge in [0.15, 0.2) is 0 Å². The monoisotopic (exact) mass is 270 g/mol. The minimum absolute atomic E-state index is 0.412. The summed E-state index contributed by atoms with van der Waals surface area (Å²) in [5, 5.41) is 8.46. The van der Waals surface area contributed by atoms with Gasteiger partial charge in [-0.1, -0.05) is 0 Å². The summed E-state index contributed by atoms with van der Waals surface area (Å²) in [5.41, 5.74) is -1.38. The van der Waals surface area contributed by atoms with Crippen molar-refractivity contribution in [2.45, 2.75) is 5.75 Å². The average Bonchev–Trinajstić information content (AvgIpc) is 2.07. The summed E-state index contributed by atoms with van der Waals surface area (Å²) in [6.45, 7) is 0. The Morgan fingerprint density at radius 2 is 1.88 bits per heavy atom. The molecule has 0 amide bonds. The Labute approximate surface area is 93.9 Å². The number of benzene rings is 1.